The Morgan fingerprint density at radius 3 is 2.82 bits per heavy atom. The van der Waals surface area contributed by atoms with Crippen LogP contribution in [0.3, 0.4) is 0 Å². The van der Waals surface area contributed by atoms with E-state index in [1.165, 1.54) is 17.2 Å². The first-order chi connectivity index (χ1) is 13.7. The van der Waals surface area contributed by atoms with Crippen molar-refractivity contribution in [2.45, 2.75) is 51.2 Å². The van der Waals surface area contributed by atoms with Crippen LogP contribution in [0.2, 0.25) is 0 Å². The Kier molecular flexibility index (Phi) is 5.41. The van der Waals surface area contributed by atoms with Gasteiger partial charge >= 0.3 is 0 Å². The van der Waals surface area contributed by atoms with Gasteiger partial charge in [0.1, 0.15) is 12.5 Å². The molecule has 1 aliphatic carbocycles. The molecule has 1 aliphatic rings. The highest BCUT2D eigenvalue weighted by molar-refractivity contribution is 6.07. The summed E-state index contributed by atoms with van der Waals surface area (Å²) in [7, 11) is 0. The molecule has 5 nitrogen and oxygen atoms in total. The van der Waals surface area contributed by atoms with Crippen LogP contribution in [0, 0.1) is 5.82 Å². The number of nitrogens with one attached hydrogen (secondary N) is 1. The number of carbonyl (C=O) groups excluding carboxylic acids is 1. The zero-order valence-electron chi connectivity index (χ0n) is 15.7. The summed E-state index contributed by atoms with van der Waals surface area (Å²) in [6, 6.07) is 4.99. The number of amides is 1. The molecule has 3 aromatic rings. The molecule has 1 saturated carbocycles. The van der Waals surface area contributed by atoms with E-state index in [0.29, 0.717) is 23.0 Å². The molecule has 1 N–H and O–H groups in total. The van der Waals surface area contributed by atoms with E-state index in [1.54, 1.807) is 24.7 Å². The molecule has 7 heteroatoms. The second kappa shape index (κ2) is 8.12. The highest BCUT2D eigenvalue weighted by Gasteiger charge is 2.22. The molecule has 0 unspecified atom stereocenters. The first-order valence-electron chi connectivity index (χ1n) is 9.81. The van der Waals surface area contributed by atoms with Crippen molar-refractivity contribution in [3.63, 3.8) is 0 Å². The number of nitrogens with zero attached hydrogens (tertiary/aromatic N) is 3. The van der Waals surface area contributed by atoms with Crippen molar-refractivity contribution in [2.75, 3.05) is 6.67 Å². The minimum atomic E-state index is -0.482. The monoisotopic (exact) mass is 386 g/mol. The van der Waals surface area contributed by atoms with Crippen molar-refractivity contribution in [1.29, 1.82) is 0 Å². The molecule has 2 heterocycles. The molecule has 2 aromatic heterocycles. The molecule has 0 aliphatic heterocycles. The molecule has 4 rings (SSSR count). The average Bonchev–Trinajstić information content (AvgIpc) is 3.29. The van der Waals surface area contributed by atoms with E-state index in [0.717, 1.165) is 31.2 Å². The summed E-state index contributed by atoms with van der Waals surface area (Å²) < 4.78 is 30.5. The maximum atomic E-state index is 14.6. The van der Waals surface area contributed by atoms with Crippen LogP contribution in [0.15, 0.2) is 36.8 Å². The van der Waals surface area contributed by atoms with Gasteiger partial charge in [0.15, 0.2) is 0 Å². The molecule has 1 fully saturated rings. The van der Waals surface area contributed by atoms with Crippen LogP contribution in [0.25, 0.3) is 10.9 Å². The SMILES string of the molecule is O=C(NC1CCCCC1)c1cn(Cc2cnn(CCF)c2)c2cccc(F)c12. The molecule has 28 heavy (non-hydrogen) atoms. The van der Waals surface area contributed by atoms with Crippen LogP contribution < -0.4 is 5.32 Å². The standard InChI is InChI=1S/C21H24F2N4O/c22-9-10-27-13-15(11-24-27)12-26-14-17(20-18(23)7-4-8-19(20)26)21(28)25-16-5-2-1-3-6-16/h4,7-8,11,13-14,16H,1-3,5-6,9-10,12H2,(H,25,28). The molecule has 0 atom stereocenters. The Labute approximate surface area is 162 Å². The normalized spacial score (nSPS) is 15.2. The van der Waals surface area contributed by atoms with Gasteiger partial charge in [-0.1, -0.05) is 25.3 Å². The van der Waals surface area contributed by atoms with Crippen molar-refractivity contribution >= 4 is 16.8 Å². The van der Waals surface area contributed by atoms with Crippen LogP contribution in [0.5, 0.6) is 0 Å². The Balaban J connectivity index is 1.64. The first-order valence-corrected chi connectivity index (χ1v) is 9.81. The van der Waals surface area contributed by atoms with Gasteiger partial charge in [-0.2, -0.15) is 5.10 Å². The van der Waals surface area contributed by atoms with Crippen LogP contribution >= 0.6 is 0 Å². The summed E-state index contributed by atoms with van der Waals surface area (Å²) in [6.07, 6.45) is 10.5. The third kappa shape index (κ3) is 3.79. The lowest BCUT2D eigenvalue weighted by atomic mass is 9.95. The second-order valence-corrected chi connectivity index (χ2v) is 7.41. The van der Waals surface area contributed by atoms with E-state index >= 15 is 0 Å². The Hall–Kier alpha value is -2.70. The number of alkyl halides is 1. The molecular weight excluding hydrogens is 362 g/mol. The number of carbonyl (C=O) groups is 1. The van der Waals surface area contributed by atoms with Crippen molar-refractivity contribution in [3.05, 3.63) is 53.7 Å². The van der Waals surface area contributed by atoms with E-state index < -0.39 is 12.5 Å². The molecule has 1 amide bonds. The number of aromatic nitrogens is 3. The topological polar surface area (TPSA) is 51.9 Å². The molecule has 1 aromatic carbocycles. The van der Waals surface area contributed by atoms with Crippen LogP contribution in [0.4, 0.5) is 8.78 Å². The van der Waals surface area contributed by atoms with Gasteiger partial charge in [-0.15, -0.1) is 0 Å². The number of rotatable bonds is 6. The van der Waals surface area contributed by atoms with Crippen molar-refractivity contribution in [2.24, 2.45) is 0 Å². The molecule has 0 saturated heterocycles. The highest BCUT2D eigenvalue weighted by atomic mass is 19.1. The van der Waals surface area contributed by atoms with Gasteiger partial charge < -0.3 is 9.88 Å². The Bertz CT molecular complexity index is 972. The van der Waals surface area contributed by atoms with E-state index in [9.17, 15) is 13.6 Å². The fraction of sp³-hybridized carbons (Fsp3) is 0.429. The van der Waals surface area contributed by atoms with E-state index in [2.05, 4.69) is 10.4 Å². The maximum Gasteiger partial charge on any atom is 0.253 e. The van der Waals surface area contributed by atoms with Gasteiger partial charge in [0, 0.05) is 29.4 Å². The highest BCUT2D eigenvalue weighted by Crippen LogP contribution is 2.26. The minimum Gasteiger partial charge on any atom is -0.349 e. The predicted molar refractivity (Wildman–Crippen MR) is 104 cm³/mol. The van der Waals surface area contributed by atoms with Crippen molar-refractivity contribution in [3.8, 4) is 0 Å². The van der Waals surface area contributed by atoms with Gasteiger partial charge in [0.25, 0.3) is 5.91 Å². The predicted octanol–water partition coefficient (Wildman–Crippen LogP) is 4.06. The average molecular weight is 386 g/mol. The van der Waals surface area contributed by atoms with Gasteiger partial charge in [-0.3, -0.25) is 9.48 Å². The van der Waals surface area contributed by atoms with Gasteiger partial charge in [-0.05, 0) is 25.0 Å². The fourth-order valence-electron chi connectivity index (χ4n) is 4.02. The number of hydrogen-bond donors (Lipinski definition) is 1. The summed E-state index contributed by atoms with van der Waals surface area (Å²) >= 11 is 0. The molecule has 0 bridgehead atoms. The van der Waals surface area contributed by atoms with Crippen LogP contribution in [0.1, 0.15) is 48.0 Å². The van der Waals surface area contributed by atoms with Crippen LogP contribution in [-0.4, -0.2) is 33.0 Å². The lowest BCUT2D eigenvalue weighted by Crippen LogP contribution is -2.36. The number of hydrogen-bond acceptors (Lipinski definition) is 2. The molecule has 0 radical (unpaired) electrons. The maximum absolute atomic E-state index is 14.6. The quantitative estimate of drug-likeness (QED) is 0.695. The minimum absolute atomic E-state index is 0.158. The number of benzene rings is 1. The molecular formula is C21H24F2N4O. The van der Waals surface area contributed by atoms with Gasteiger partial charge in [0.2, 0.25) is 0 Å². The van der Waals surface area contributed by atoms with Gasteiger partial charge in [0.05, 0.1) is 30.4 Å². The summed E-state index contributed by atoms with van der Waals surface area (Å²) in [4.78, 5) is 12.9. The summed E-state index contributed by atoms with van der Waals surface area (Å²) in [6.45, 7) is 0.156. The third-order valence-electron chi connectivity index (χ3n) is 5.39. The first kappa shape index (κ1) is 18.7. The largest absolute Gasteiger partial charge is 0.349 e. The number of fused-ring (bicyclic) bond motifs is 1. The fourth-order valence-corrected chi connectivity index (χ4v) is 4.02. The summed E-state index contributed by atoms with van der Waals surface area (Å²) in [5.74, 6) is -0.632. The Morgan fingerprint density at radius 1 is 1.21 bits per heavy atom. The lowest BCUT2D eigenvalue weighted by Gasteiger charge is -2.22. The zero-order valence-corrected chi connectivity index (χ0v) is 15.7. The third-order valence-corrected chi connectivity index (χ3v) is 5.39. The summed E-state index contributed by atoms with van der Waals surface area (Å²) in [5, 5.41) is 7.54. The smallest absolute Gasteiger partial charge is 0.253 e. The van der Waals surface area contributed by atoms with E-state index in [1.807, 2.05) is 10.6 Å². The lowest BCUT2D eigenvalue weighted by molar-refractivity contribution is 0.0929. The second-order valence-electron chi connectivity index (χ2n) is 7.41. The van der Waals surface area contributed by atoms with E-state index in [-0.39, 0.29) is 18.5 Å². The van der Waals surface area contributed by atoms with E-state index in [4.69, 9.17) is 0 Å². The molecule has 0 spiro atoms. The zero-order chi connectivity index (χ0) is 19.5. The van der Waals surface area contributed by atoms with Crippen LogP contribution in [-0.2, 0) is 13.1 Å². The van der Waals surface area contributed by atoms with Crippen molar-refractivity contribution in [1.82, 2.24) is 19.7 Å². The number of aryl methyl sites for hydroxylation is 1. The van der Waals surface area contributed by atoms with Crippen molar-refractivity contribution < 1.29 is 13.6 Å². The Morgan fingerprint density at radius 2 is 2.04 bits per heavy atom. The summed E-state index contributed by atoms with van der Waals surface area (Å²) in [5.41, 5.74) is 1.88. The van der Waals surface area contributed by atoms with Gasteiger partial charge in [-0.25, -0.2) is 8.78 Å². The molecule has 148 valence electrons. The number of halogens is 2.